The predicted octanol–water partition coefficient (Wildman–Crippen LogP) is 4.60. The van der Waals surface area contributed by atoms with Gasteiger partial charge in [-0.1, -0.05) is 42.5 Å². The molecule has 0 aliphatic heterocycles. The molecule has 4 nitrogen and oxygen atoms in total. The van der Waals surface area contributed by atoms with E-state index in [0.717, 1.165) is 34.9 Å². The molecule has 2 N–H and O–H groups in total. The van der Waals surface area contributed by atoms with E-state index < -0.39 is 0 Å². The minimum Gasteiger partial charge on any atom is -0.483 e. The van der Waals surface area contributed by atoms with Crippen molar-refractivity contribution >= 4 is 16.7 Å². The van der Waals surface area contributed by atoms with Crippen molar-refractivity contribution in [3.8, 4) is 5.75 Å². The highest BCUT2D eigenvalue weighted by Crippen LogP contribution is 2.28. The van der Waals surface area contributed by atoms with Crippen LogP contribution in [-0.2, 0) is 17.8 Å². The summed E-state index contributed by atoms with van der Waals surface area (Å²) in [6.45, 7) is 7.15. The Morgan fingerprint density at radius 1 is 1.00 bits per heavy atom. The average molecular weight is 409 g/mol. The quantitative estimate of drug-likeness (QED) is 0.536. The molecule has 3 rings (SSSR count). The van der Waals surface area contributed by atoms with Gasteiger partial charge < -0.3 is 15.4 Å². The molecule has 30 heavy (non-hydrogen) atoms. The smallest absolute Gasteiger partial charge is 0.258 e. The van der Waals surface area contributed by atoms with Crippen molar-refractivity contribution in [1.29, 1.82) is 0 Å². The Balaban J connectivity index is 1.68. The minimum atomic E-state index is -0.297. The summed E-state index contributed by atoms with van der Waals surface area (Å²) in [7, 11) is 0. The first-order valence-corrected chi connectivity index (χ1v) is 10.2. The molecule has 0 atom stereocenters. The number of nitrogens with one attached hydrogen (secondary N) is 2. The second-order valence-electron chi connectivity index (χ2n) is 8.40. The van der Waals surface area contributed by atoms with E-state index in [2.05, 4.69) is 22.8 Å². The molecule has 0 saturated heterocycles. The summed E-state index contributed by atoms with van der Waals surface area (Å²) >= 11 is 0. The van der Waals surface area contributed by atoms with Gasteiger partial charge in [0.1, 0.15) is 11.6 Å². The fraction of sp³-hybridized carbons (Fsp3) is 0.320. The maximum absolute atomic E-state index is 13.1. The van der Waals surface area contributed by atoms with Gasteiger partial charge in [-0.3, -0.25) is 4.79 Å². The van der Waals surface area contributed by atoms with Crippen LogP contribution in [0.4, 0.5) is 4.39 Å². The molecule has 0 aromatic heterocycles. The molecule has 0 heterocycles. The summed E-state index contributed by atoms with van der Waals surface area (Å²) in [4.78, 5) is 12.2. The number of amides is 1. The number of ether oxygens (including phenoxy) is 1. The zero-order valence-electron chi connectivity index (χ0n) is 17.8. The first-order chi connectivity index (χ1) is 14.3. The van der Waals surface area contributed by atoms with Gasteiger partial charge in [0.25, 0.3) is 5.91 Å². The Labute approximate surface area is 177 Å². The van der Waals surface area contributed by atoms with Crippen molar-refractivity contribution < 1.29 is 13.9 Å². The summed E-state index contributed by atoms with van der Waals surface area (Å²) in [6.07, 6.45) is 0.801. The molecular weight excluding hydrogens is 379 g/mol. The van der Waals surface area contributed by atoms with E-state index in [4.69, 9.17) is 4.74 Å². The maximum atomic E-state index is 13.1. The lowest BCUT2D eigenvalue weighted by atomic mass is 10.0. The number of carbonyl (C=O) groups excluding carboxylic acids is 1. The molecule has 0 radical (unpaired) electrons. The number of carbonyl (C=O) groups is 1. The lowest BCUT2D eigenvalue weighted by Gasteiger charge is -2.21. The zero-order chi connectivity index (χ0) is 21.6. The van der Waals surface area contributed by atoms with Crippen molar-refractivity contribution in [1.82, 2.24) is 10.6 Å². The van der Waals surface area contributed by atoms with Crippen LogP contribution in [0.15, 0.2) is 60.7 Å². The molecule has 0 unspecified atom stereocenters. The molecule has 0 aliphatic carbocycles. The number of benzene rings is 3. The van der Waals surface area contributed by atoms with Crippen LogP contribution in [0, 0.1) is 5.82 Å². The molecule has 0 fully saturated rings. The normalized spacial score (nSPS) is 11.5. The van der Waals surface area contributed by atoms with Crippen LogP contribution < -0.4 is 15.4 Å². The highest BCUT2D eigenvalue weighted by Gasteiger charge is 2.15. The first-order valence-electron chi connectivity index (χ1n) is 10.2. The lowest BCUT2D eigenvalue weighted by molar-refractivity contribution is -0.124. The Bertz CT molecular complexity index is 994. The average Bonchev–Trinajstić information content (AvgIpc) is 2.70. The van der Waals surface area contributed by atoms with E-state index in [9.17, 15) is 9.18 Å². The van der Waals surface area contributed by atoms with Crippen LogP contribution in [0.5, 0.6) is 5.75 Å². The Hall–Kier alpha value is -2.92. The molecule has 0 saturated carbocycles. The van der Waals surface area contributed by atoms with Gasteiger partial charge in [0.05, 0.1) is 0 Å². The monoisotopic (exact) mass is 408 g/mol. The van der Waals surface area contributed by atoms with E-state index in [-0.39, 0.29) is 23.9 Å². The van der Waals surface area contributed by atoms with Crippen LogP contribution in [-0.4, -0.2) is 24.6 Å². The summed E-state index contributed by atoms with van der Waals surface area (Å²) in [6, 6.07) is 18.6. The molecule has 158 valence electrons. The van der Waals surface area contributed by atoms with Crippen LogP contribution in [0.1, 0.15) is 31.9 Å². The van der Waals surface area contributed by atoms with Crippen molar-refractivity contribution in [2.45, 2.75) is 39.3 Å². The number of hydrogen-bond donors (Lipinski definition) is 2. The zero-order valence-corrected chi connectivity index (χ0v) is 17.8. The van der Waals surface area contributed by atoms with E-state index >= 15 is 0 Å². The third-order valence-electron chi connectivity index (χ3n) is 4.68. The van der Waals surface area contributed by atoms with E-state index in [1.807, 2.05) is 45.0 Å². The molecule has 1 amide bonds. The van der Waals surface area contributed by atoms with Gasteiger partial charge in [0, 0.05) is 17.6 Å². The highest BCUT2D eigenvalue weighted by atomic mass is 19.1. The number of rotatable bonds is 8. The third-order valence-corrected chi connectivity index (χ3v) is 4.68. The van der Waals surface area contributed by atoms with Crippen molar-refractivity contribution in [2.24, 2.45) is 0 Å². The highest BCUT2D eigenvalue weighted by molar-refractivity contribution is 5.88. The summed E-state index contributed by atoms with van der Waals surface area (Å²) < 4.78 is 18.9. The van der Waals surface area contributed by atoms with Crippen LogP contribution >= 0.6 is 0 Å². The fourth-order valence-electron chi connectivity index (χ4n) is 3.33. The van der Waals surface area contributed by atoms with Gasteiger partial charge in [0.15, 0.2) is 6.61 Å². The molecule has 3 aromatic carbocycles. The van der Waals surface area contributed by atoms with Crippen LogP contribution in [0.2, 0.25) is 0 Å². The summed E-state index contributed by atoms with van der Waals surface area (Å²) in [5.74, 6) is 0.331. The molecule has 0 aliphatic rings. The number of halogens is 1. The summed E-state index contributed by atoms with van der Waals surface area (Å²) in [5, 5.41) is 8.59. The van der Waals surface area contributed by atoms with Gasteiger partial charge in [-0.15, -0.1) is 0 Å². The van der Waals surface area contributed by atoms with Crippen LogP contribution in [0.25, 0.3) is 10.8 Å². The second kappa shape index (κ2) is 9.72. The Kier molecular flexibility index (Phi) is 7.06. The molecule has 0 spiro atoms. The Morgan fingerprint density at radius 2 is 1.73 bits per heavy atom. The predicted molar refractivity (Wildman–Crippen MR) is 119 cm³/mol. The van der Waals surface area contributed by atoms with Gasteiger partial charge in [-0.2, -0.15) is 0 Å². The maximum Gasteiger partial charge on any atom is 0.258 e. The molecular formula is C25H29FN2O2. The first kappa shape index (κ1) is 21.8. The largest absolute Gasteiger partial charge is 0.483 e. The van der Waals surface area contributed by atoms with Crippen molar-refractivity contribution in [3.63, 3.8) is 0 Å². The number of fused-ring (bicyclic) bond motifs is 1. The topological polar surface area (TPSA) is 50.4 Å². The van der Waals surface area contributed by atoms with E-state index in [1.165, 1.54) is 12.1 Å². The minimum absolute atomic E-state index is 0.0296. The van der Waals surface area contributed by atoms with Crippen LogP contribution in [0.3, 0.4) is 0 Å². The van der Waals surface area contributed by atoms with Gasteiger partial charge in [-0.25, -0.2) is 4.39 Å². The fourth-order valence-corrected chi connectivity index (χ4v) is 3.33. The van der Waals surface area contributed by atoms with E-state index in [1.54, 1.807) is 12.1 Å². The van der Waals surface area contributed by atoms with Crippen molar-refractivity contribution in [2.75, 3.05) is 13.2 Å². The van der Waals surface area contributed by atoms with Gasteiger partial charge in [0.2, 0.25) is 0 Å². The SMILES string of the molecule is CC(C)(C)NC(=O)COc1ccc2ccccc2c1CNCCc1ccc(F)cc1. The molecule has 0 bridgehead atoms. The summed E-state index contributed by atoms with van der Waals surface area (Å²) in [5.41, 5.74) is 1.81. The Morgan fingerprint density at radius 3 is 2.47 bits per heavy atom. The lowest BCUT2D eigenvalue weighted by Crippen LogP contribution is -2.43. The van der Waals surface area contributed by atoms with E-state index in [0.29, 0.717) is 12.3 Å². The number of hydrogen-bond acceptors (Lipinski definition) is 3. The third kappa shape index (κ3) is 6.29. The van der Waals surface area contributed by atoms with Gasteiger partial charge in [-0.05, 0) is 68.3 Å². The molecule has 5 heteroatoms. The standard InChI is InChI=1S/C25H29FN2O2/c1-25(2,3)28-24(29)17-30-23-13-10-19-6-4-5-7-21(19)22(23)16-27-15-14-18-8-11-20(26)12-9-18/h4-13,27H,14-17H2,1-3H3,(H,28,29). The van der Waals surface area contributed by atoms with Crippen molar-refractivity contribution in [3.05, 3.63) is 77.6 Å². The second-order valence-corrected chi connectivity index (χ2v) is 8.40. The molecule has 3 aromatic rings. The van der Waals surface area contributed by atoms with Gasteiger partial charge >= 0.3 is 0 Å².